The number of fused-ring (bicyclic) bond motifs is 1. The Morgan fingerprint density at radius 3 is 2.56 bits per heavy atom. The summed E-state index contributed by atoms with van der Waals surface area (Å²) in [7, 11) is 1.66. The molecule has 1 aromatic carbocycles. The standard InChI is InChI=1S/C15H22N2O/c1-6-17-13-8-14(18-5)12(16)7-11(13)10(2)9-15(17,3)4/h7-9H,6,16H2,1-5H3. The third-order valence-corrected chi connectivity index (χ3v) is 3.65. The van der Waals surface area contributed by atoms with E-state index in [2.05, 4.69) is 38.7 Å². The minimum atomic E-state index is 0.0208. The Morgan fingerprint density at radius 2 is 2.00 bits per heavy atom. The number of hydrogen-bond donors (Lipinski definition) is 1. The van der Waals surface area contributed by atoms with E-state index < -0.39 is 0 Å². The van der Waals surface area contributed by atoms with E-state index in [0.717, 1.165) is 12.3 Å². The molecule has 0 aliphatic carbocycles. The molecular formula is C15H22N2O. The summed E-state index contributed by atoms with van der Waals surface area (Å²) >= 11 is 0. The third-order valence-electron chi connectivity index (χ3n) is 3.65. The van der Waals surface area contributed by atoms with Crippen LogP contribution in [-0.4, -0.2) is 19.2 Å². The van der Waals surface area contributed by atoms with Crippen molar-refractivity contribution in [2.45, 2.75) is 33.2 Å². The Hall–Kier alpha value is -1.64. The van der Waals surface area contributed by atoms with Crippen molar-refractivity contribution in [3.63, 3.8) is 0 Å². The molecule has 0 radical (unpaired) electrons. The lowest BCUT2D eigenvalue weighted by molar-refractivity contribution is 0.416. The second kappa shape index (κ2) is 4.23. The fourth-order valence-corrected chi connectivity index (χ4v) is 2.88. The molecule has 0 saturated carbocycles. The molecule has 0 atom stereocenters. The molecule has 0 spiro atoms. The Kier molecular flexibility index (Phi) is 3.01. The van der Waals surface area contributed by atoms with Crippen molar-refractivity contribution >= 4 is 16.9 Å². The Balaban J connectivity index is 2.67. The fourth-order valence-electron chi connectivity index (χ4n) is 2.88. The molecule has 0 fully saturated rings. The summed E-state index contributed by atoms with van der Waals surface area (Å²) in [6.45, 7) is 9.72. The number of allylic oxidation sites excluding steroid dienone is 1. The first kappa shape index (κ1) is 12.8. The number of methoxy groups -OCH3 is 1. The van der Waals surface area contributed by atoms with Gasteiger partial charge in [0.15, 0.2) is 0 Å². The number of anilines is 2. The van der Waals surface area contributed by atoms with Crippen LogP contribution in [0.1, 0.15) is 33.3 Å². The van der Waals surface area contributed by atoms with Crippen molar-refractivity contribution in [2.24, 2.45) is 0 Å². The number of nitrogens with zero attached hydrogens (tertiary/aromatic N) is 1. The monoisotopic (exact) mass is 246 g/mol. The van der Waals surface area contributed by atoms with Crippen molar-refractivity contribution in [1.82, 2.24) is 0 Å². The zero-order valence-electron chi connectivity index (χ0n) is 11.9. The number of benzene rings is 1. The molecule has 0 unspecified atom stereocenters. The molecule has 0 amide bonds. The SMILES string of the molecule is CCN1c2cc(OC)c(N)cc2C(C)=CC1(C)C. The second-order valence-corrected chi connectivity index (χ2v) is 5.34. The van der Waals surface area contributed by atoms with Crippen molar-refractivity contribution in [2.75, 3.05) is 24.3 Å². The van der Waals surface area contributed by atoms with Crippen molar-refractivity contribution < 1.29 is 4.74 Å². The summed E-state index contributed by atoms with van der Waals surface area (Å²) in [5.74, 6) is 0.748. The summed E-state index contributed by atoms with van der Waals surface area (Å²) < 4.78 is 5.34. The molecule has 18 heavy (non-hydrogen) atoms. The van der Waals surface area contributed by atoms with Gasteiger partial charge in [-0.1, -0.05) is 6.08 Å². The van der Waals surface area contributed by atoms with Crippen LogP contribution in [0.15, 0.2) is 18.2 Å². The lowest BCUT2D eigenvalue weighted by Gasteiger charge is -2.43. The number of nitrogen functional groups attached to an aromatic ring is 1. The average Bonchev–Trinajstić information content (AvgIpc) is 2.29. The predicted octanol–water partition coefficient (Wildman–Crippen LogP) is 3.30. The maximum absolute atomic E-state index is 6.00. The van der Waals surface area contributed by atoms with Gasteiger partial charge in [-0.2, -0.15) is 0 Å². The van der Waals surface area contributed by atoms with E-state index in [1.165, 1.54) is 16.8 Å². The number of nitrogens with two attached hydrogens (primary N) is 1. The van der Waals surface area contributed by atoms with Crippen LogP contribution in [0.2, 0.25) is 0 Å². The van der Waals surface area contributed by atoms with Crippen LogP contribution in [0.4, 0.5) is 11.4 Å². The van der Waals surface area contributed by atoms with E-state index in [0.29, 0.717) is 5.69 Å². The zero-order valence-corrected chi connectivity index (χ0v) is 11.9. The first-order valence-corrected chi connectivity index (χ1v) is 6.35. The van der Waals surface area contributed by atoms with Gasteiger partial charge in [0, 0.05) is 23.9 Å². The smallest absolute Gasteiger partial charge is 0.143 e. The summed E-state index contributed by atoms with van der Waals surface area (Å²) in [5, 5.41) is 0. The molecule has 2 rings (SSSR count). The van der Waals surface area contributed by atoms with Crippen LogP contribution in [-0.2, 0) is 0 Å². The molecule has 1 aromatic rings. The van der Waals surface area contributed by atoms with Gasteiger partial charge in [-0.05, 0) is 39.3 Å². The lowest BCUT2D eigenvalue weighted by Crippen LogP contribution is -2.44. The molecule has 1 aliphatic rings. The van der Waals surface area contributed by atoms with Crippen molar-refractivity contribution in [3.05, 3.63) is 23.8 Å². The highest BCUT2D eigenvalue weighted by Gasteiger charge is 2.30. The number of rotatable bonds is 2. The Morgan fingerprint density at radius 1 is 1.33 bits per heavy atom. The van der Waals surface area contributed by atoms with Gasteiger partial charge >= 0.3 is 0 Å². The zero-order chi connectivity index (χ0) is 13.5. The minimum absolute atomic E-state index is 0.0208. The largest absolute Gasteiger partial charge is 0.495 e. The highest BCUT2D eigenvalue weighted by molar-refractivity contribution is 5.85. The summed E-state index contributed by atoms with van der Waals surface area (Å²) in [4.78, 5) is 2.37. The van der Waals surface area contributed by atoms with Crippen LogP contribution >= 0.6 is 0 Å². The van der Waals surface area contributed by atoms with Gasteiger partial charge < -0.3 is 15.4 Å². The molecule has 1 heterocycles. The van der Waals surface area contributed by atoms with Gasteiger partial charge in [0.1, 0.15) is 5.75 Å². The van der Waals surface area contributed by atoms with Gasteiger partial charge in [-0.25, -0.2) is 0 Å². The third kappa shape index (κ3) is 1.84. The maximum Gasteiger partial charge on any atom is 0.143 e. The summed E-state index contributed by atoms with van der Waals surface area (Å²) in [5.41, 5.74) is 10.4. The molecule has 0 aromatic heterocycles. The topological polar surface area (TPSA) is 38.5 Å². The van der Waals surface area contributed by atoms with Gasteiger partial charge in [0.05, 0.1) is 18.3 Å². The maximum atomic E-state index is 6.00. The van der Waals surface area contributed by atoms with E-state index in [-0.39, 0.29) is 5.54 Å². The fraction of sp³-hybridized carbons (Fsp3) is 0.467. The van der Waals surface area contributed by atoms with Crippen molar-refractivity contribution in [1.29, 1.82) is 0 Å². The molecule has 3 nitrogen and oxygen atoms in total. The molecule has 2 N–H and O–H groups in total. The predicted molar refractivity (Wildman–Crippen MR) is 78.2 cm³/mol. The quantitative estimate of drug-likeness (QED) is 0.814. The normalized spacial score (nSPS) is 17.2. The van der Waals surface area contributed by atoms with Crippen molar-refractivity contribution in [3.8, 4) is 5.75 Å². The van der Waals surface area contributed by atoms with E-state index in [1.54, 1.807) is 7.11 Å². The van der Waals surface area contributed by atoms with E-state index >= 15 is 0 Å². The first-order chi connectivity index (χ1) is 8.40. The highest BCUT2D eigenvalue weighted by Crippen LogP contribution is 2.42. The van der Waals surface area contributed by atoms with Gasteiger partial charge in [0.2, 0.25) is 0 Å². The number of ether oxygens (including phenoxy) is 1. The highest BCUT2D eigenvalue weighted by atomic mass is 16.5. The first-order valence-electron chi connectivity index (χ1n) is 6.35. The summed E-state index contributed by atoms with van der Waals surface area (Å²) in [6, 6.07) is 4.06. The Labute approximate surface area is 109 Å². The van der Waals surface area contributed by atoms with Crippen LogP contribution in [0.3, 0.4) is 0 Å². The Bertz CT molecular complexity index is 503. The molecule has 3 heteroatoms. The van der Waals surface area contributed by atoms with Gasteiger partial charge in [-0.3, -0.25) is 0 Å². The molecule has 98 valence electrons. The second-order valence-electron chi connectivity index (χ2n) is 5.34. The molecule has 0 bridgehead atoms. The van der Waals surface area contributed by atoms with Crippen LogP contribution in [0.25, 0.3) is 5.57 Å². The van der Waals surface area contributed by atoms with E-state index in [1.807, 2.05) is 12.1 Å². The van der Waals surface area contributed by atoms with Crippen LogP contribution in [0.5, 0.6) is 5.75 Å². The minimum Gasteiger partial charge on any atom is -0.495 e. The number of likely N-dealkylation sites (N-methyl/N-ethyl adjacent to an activating group) is 1. The van der Waals surface area contributed by atoms with E-state index in [9.17, 15) is 0 Å². The van der Waals surface area contributed by atoms with Gasteiger partial charge in [-0.15, -0.1) is 0 Å². The molecule has 0 saturated heterocycles. The summed E-state index contributed by atoms with van der Waals surface area (Å²) in [6.07, 6.45) is 2.30. The van der Waals surface area contributed by atoms with Crippen LogP contribution in [0, 0.1) is 0 Å². The molecular weight excluding hydrogens is 224 g/mol. The lowest BCUT2D eigenvalue weighted by atomic mass is 9.88. The van der Waals surface area contributed by atoms with Gasteiger partial charge in [0.25, 0.3) is 0 Å². The average molecular weight is 246 g/mol. The van der Waals surface area contributed by atoms with E-state index in [4.69, 9.17) is 10.5 Å². The van der Waals surface area contributed by atoms with Crippen LogP contribution < -0.4 is 15.4 Å². The molecule has 1 aliphatic heterocycles. The number of hydrogen-bond acceptors (Lipinski definition) is 3.